The molecule has 0 bridgehead atoms. The van der Waals surface area contributed by atoms with E-state index < -0.39 is 43.0 Å². The van der Waals surface area contributed by atoms with Gasteiger partial charge in [0.15, 0.2) is 12.4 Å². The van der Waals surface area contributed by atoms with E-state index in [0.29, 0.717) is 0 Å². The fourth-order valence-electron chi connectivity index (χ4n) is 7.07. The molecule has 284 valence electrons. The first kappa shape index (κ1) is 37.8. The molecule has 1 N–H and O–H groups in total. The Bertz CT molecular complexity index is 1950. The molecule has 10 heteroatoms. The van der Waals surface area contributed by atoms with Crippen LogP contribution in [-0.2, 0) is 48.2 Å². The quantitative estimate of drug-likeness (QED) is 0.114. The van der Waals surface area contributed by atoms with E-state index in [-0.39, 0.29) is 45.4 Å². The average molecular weight is 744 g/mol. The minimum Gasteiger partial charge on any atom is -0.445 e. The molecular formula is C45H45NO9. The third-order valence-electron chi connectivity index (χ3n) is 9.93. The lowest BCUT2D eigenvalue weighted by Gasteiger charge is -2.42. The number of amides is 1. The van der Waals surface area contributed by atoms with Crippen LogP contribution in [-0.4, -0.2) is 72.7 Å². The van der Waals surface area contributed by atoms with Crippen LogP contribution in [0.1, 0.15) is 40.7 Å². The zero-order chi connectivity index (χ0) is 38.0. The zero-order valence-corrected chi connectivity index (χ0v) is 30.6. The second kappa shape index (κ2) is 18.2. The summed E-state index contributed by atoms with van der Waals surface area (Å²) in [6.45, 7) is 2.41. The molecule has 10 nitrogen and oxygen atoms in total. The monoisotopic (exact) mass is 743 g/mol. The van der Waals surface area contributed by atoms with Crippen LogP contribution in [0.2, 0.25) is 0 Å². The van der Waals surface area contributed by atoms with Crippen molar-refractivity contribution >= 4 is 12.2 Å². The van der Waals surface area contributed by atoms with Crippen LogP contribution in [0.3, 0.4) is 0 Å². The van der Waals surface area contributed by atoms with Gasteiger partial charge < -0.3 is 38.4 Å². The zero-order valence-electron chi connectivity index (χ0n) is 30.6. The molecule has 0 spiro atoms. The Morgan fingerprint density at radius 2 is 1.20 bits per heavy atom. The van der Waals surface area contributed by atoms with Crippen molar-refractivity contribution in [2.75, 3.05) is 19.8 Å². The van der Waals surface area contributed by atoms with Crippen molar-refractivity contribution in [2.45, 2.75) is 63.3 Å². The van der Waals surface area contributed by atoms with Crippen LogP contribution in [0.5, 0.6) is 0 Å². The van der Waals surface area contributed by atoms with E-state index in [1.807, 2.05) is 127 Å². The van der Waals surface area contributed by atoms with Crippen molar-refractivity contribution < 1.29 is 43.1 Å². The number of aliphatic hydroxyl groups excluding tert-OH is 1. The fourth-order valence-corrected chi connectivity index (χ4v) is 7.07. The number of hydrogen-bond donors (Lipinski definition) is 1. The van der Waals surface area contributed by atoms with E-state index in [1.165, 1.54) is 0 Å². The third kappa shape index (κ3) is 9.41. The van der Waals surface area contributed by atoms with Gasteiger partial charge in [0, 0.05) is 19.0 Å². The van der Waals surface area contributed by atoms with Crippen LogP contribution in [0.15, 0.2) is 140 Å². The van der Waals surface area contributed by atoms with Gasteiger partial charge in [0.25, 0.3) is 0 Å². The molecular weight excluding hydrogens is 698 g/mol. The Kier molecular flexibility index (Phi) is 12.5. The van der Waals surface area contributed by atoms with Gasteiger partial charge in [0.05, 0.1) is 19.3 Å². The summed E-state index contributed by atoms with van der Waals surface area (Å²) in [4.78, 5) is 28.5. The predicted molar refractivity (Wildman–Crippen MR) is 205 cm³/mol. The average Bonchev–Trinajstić information content (AvgIpc) is 3.54. The maximum Gasteiger partial charge on any atom is 0.508 e. The predicted octanol–water partition coefficient (Wildman–Crippen LogP) is 7.87. The lowest BCUT2D eigenvalue weighted by atomic mass is 9.98. The van der Waals surface area contributed by atoms with E-state index in [0.717, 1.165) is 38.9 Å². The summed E-state index contributed by atoms with van der Waals surface area (Å²) in [5, 5.41) is 11.3. The Morgan fingerprint density at radius 3 is 1.82 bits per heavy atom. The number of nitrogens with zero attached hydrogens (tertiary/aromatic N) is 1. The van der Waals surface area contributed by atoms with Crippen molar-refractivity contribution in [2.24, 2.45) is 0 Å². The van der Waals surface area contributed by atoms with E-state index in [2.05, 4.69) is 12.1 Å². The topological polar surface area (TPSA) is 113 Å². The van der Waals surface area contributed by atoms with Crippen molar-refractivity contribution in [3.05, 3.63) is 167 Å². The van der Waals surface area contributed by atoms with Crippen LogP contribution >= 0.6 is 0 Å². The molecule has 0 saturated carbocycles. The molecule has 2 unspecified atom stereocenters. The number of carbonyl (C=O) groups is 2. The first-order valence-electron chi connectivity index (χ1n) is 18.6. The van der Waals surface area contributed by atoms with Gasteiger partial charge in [-0.05, 0) is 45.9 Å². The summed E-state index contributed by atoms with van der Waals surface area (Å²) >= 11 is 0. The summed E-state index contributed by atoms with van der Waals surface area (Å²) < 4.78 is 36.0. The Morgan fingerprint density at radius 1 is 0.655 bits per heavy atom. The number of ether oxygens (including phenoxy) is 6. The third-order valence-corrected chi connectivity index (χ3v) is 9.93. The molecule has 5 aromatic rings. The minimum absolute atomic E-state index is 0.00327. The van der Waals surface area contributed by atoms with Crippen LogP contribution < -0.4 is 0 Å². The first-order chi connectivity index (χ1) is 26.9. The second-order valence-electron chi connectivity index (χ2n) is 13.7. The maximum absolute atomic E-state index is 13.5. The number of carbonyl (C=O) groups excluding carboxylic acids is 2. The van der Waals surface area contributed by atoms with E-state index >= 15 is 0 Å². The first-order valence-corrected chi connectivity index (χ1v) is 18.6. The van der Waals surface area contributed by atoms with Gasteiger partial charge in [-0.3, -0.25) is 0 Å². The molecule has 1 aliphatic carbocycles. The number of benzene rings is 5. The van der Waals surface area contributed by atoms with Crippen LogP contribution in [0, 0.1) is 0 Å². The molecule has 0 aromatic heterocycles. The van der Waals surface area contributed by atoms with Crippen molar-refractivity contribution in [3.63, 3.8) is 0 Å². The molecule has 2 aliphatic rings. The highest BCUT2D eigenvalue weighted by Gasteiger charge is 2.48. The largest absolute Gasteiger partial charge is 0.508 e. The number of aliphatic hydroxyl groups is 1. The molecule has 1 aliphatic heterocycles. The molecule has 1 amide bonds. The SMILES string of the molecule is CC1O[C@@H](OCCN(Cc2ccccc2)C(=O)OCc2ccccc2)[C@@H](OC(=O)OCC2c3ccccc3-c3ccccc32)C(OCc2ccccc2)[C@@H]1O. The molecule has 5 atom stereocenters. The maximum atomic E-state index is 13.5. The summed E-state index contributed by atoms with van der Waals surface area (Å²) in [6.07, 6.45) is -6.74. The summed E-state index contributed by atoms with van der Waals surface area (Å²) in [5.74, 6) is -0.178. The van der Waals surface area contributed by atoms with Crippen molar-refractivity contribution in [1.29, 1.82) is 0 Å². The molecule has 0 radical (unpaired) electrons. The molecule has 55 heavy (non-hydrogen) atoms. The normalized spacial score (nSPS) is 20.2. The highest BCUT2D eigenvalue weighted by Crippen LogP contribution is 2.44. The lowest BCUT2D eigenvalue weighted by Crippen LogP contribution is -2.60. The van der Waals surface area contributed by atoms with E-state index in [1.54, 1.807) is 11.8 Å². The highest BCUT2D eigenvalue weighted by atomic mass is 16.8. The Balaban J connectivity index is 1.05. The lowest BCUT2D eigenvalue weighted by molar-refractivity contribution is -0.303. The van der Waals surface area contributed by atoms with Gasteiger partial charge in [-0.15, -0.1) is 0 Å². The van der Waals surface area contributed by atoms with Crippen LogP contribution in [0.25, 0.3) is 11.1 Å². The molecule has 7 rings (SSSR count). The fraction of sp³-hybridized carbons (Fsp3) is 0.289. The second-order valence-corrected chi connectivity index (χ2v) is 13.7. The van der Waals surface area contributed by atoms with E-state index in [9.17, 15) is 14.7 Å². The summed E-state index contributed by atoms with van der Waals surface area (Å²) in [7, 11) is 0. The Hall–Kier alpha value is -5.52. The van der Waals surface area contributed by atoms with Gasteiger partial charge in [-0.2, -0.15) is 0 Å². The van der Waals surface area contributed by atoms with Crippen LogP contribution in [0.4, 0.5) is 9.59 Å². The molecule has 5 aromatic carbocycles. The van der Waals surface area contributed by atoms with Gasteiger partial charge in [0.2, 0.25) is 0 Å². The highest BCUT2D eigenvalue weighted by molar-refractivity contribution is 5.79. The molecule has 1 saturated heterocycles. The standard InChI is InChI=1S/C45H45NO9/c1-31-40(47)41(51-28-33-17-7-3-8-18-33)42(55-45(49)53-30-39-37-23-13-11-21-35(37)36-22-12-14-24-38(36)39)43(54-31)50-26-25-46(27-32-15-5-2-6-16-32)44(48)52-29-34-19-9-4-10-20-34/h2-24,31,39-43,47H,25-30H2,1H3/t31?,40-,41?,42+,43-/m1/s1. The summed E-state index contributed by atoms with van der Waals surface area (Å²) in [6, 6.07) is 44.7. The minimum atomic E-state index is -1.21. The number of fused-ring (bicyclic) bond motifs is 3. The molecule has 1 fully saturated rings. The summed E-state index contributed by atoms with van der Waals surface area (Å²) in [5.41, 5.74) is 6.98. The Labute approximate surface area is 321 Å². The van der Waals surface area contributed by atoms with Crippen molar-refractivity contribution in [1.82, 2.24) is 4.90 Å². The smallest absolute Gasteiger partial charge is 0.445 e. The van der Waals surface area contributed by atoms with Gasteiger partial charge in [-0.25, -0.2) is 9.59 Å². The molecule has 1 heterocycles. The number of rotatable bonds is 14. The van der Waals surface area contributed by atoms with Gasteiger partial charge in [0.1, 0.15) is 25.4 Å². The number of hydrogen-bond acceptors (Lipinski definition) is 9. The van der Waals surface area contributed by atoms with Crippen molar-refractivity contribution in [3.8, 4) is 11.1 Å². The van der Waals surface area contributed by atoms with Gasteiger partial charge in [-0.1, -0.05) is 140 Å². The van der Waals surface area contributed by atoms with E-state index in [4.69, 9.17) is 28.4 Å². The van der Waals surface area contributed by atoms with Gasteiger partial charge >= 0.3 is 12.2 Å².